The lowest BCUT2D eigenvalue weighted by atomic mass is 9.72. The number of aliphatic hydroxyl groups is 2. The fourth-order valence-electron chi connectivity index (χ4n) is 7.48. The lowest BCUT2D eigenvalue weighted by molar-refractivity contribution is -0.303. The summed E-state index contributed by atoms with van der Waals surface area (Å²) >= 11 is 0. The highest BCUT2D eigenvalue weighted by atomic mass is 16.7. The molecule has 0 aromatic heterocycles. The van der Waals surface area contributed by atoms with Crippen molar-refractivity contribution in [2.24, 2.45) is 5.11 Å². The number of azide groups is 1. The Morgan fingerprint density at radius 3 is 2.34 bits per heavy atom. The molecule has 16 heteroatoms. The van der Waals surface area contributed by atoms with Crippen LogP contribution in [0, 0.1) is 0 Å². The molecule has 2 aromatic rings. The molecule has 0 bridgehead atoms. The monoisotopic (exact) mass is 697 g/mol. The molecule has 0 amide bonds. The van der Waals surface area contributed by atoms with Crippen LogP contribution in [0.5, 0.6) is 17.2 Å². The van der Waals surface area contributed by atoms with Crippen LogP contribution in [0.2, 0.25) is 0 Å². The van der Waals surface area contributed by atoms with Gasteiger partial charge in [-0.1, -0.05) is 17.2 Å². The molecule has 268 valence electrons. The maximum absolute atomic E-state index is 13.9. The van der Waals surface area contributed by atoms with E-state index in [1.165, 1.54) is 32.4 Å². The van der Waals surface area contributed by atoms with Crippen molar-refractivity contribution in [2.45, 2.75) is 107 Å². The number of ether oxygens (including phenoxy) is 6. The van der Waals surface area contributed by atoms with E-state index in [-0.39, 0.29) is 40.8 Å². The van der Waals surface area contributed by atoms with Gasteiger partial charge in [-0.15, -0.1) is 0 Å². The molecule has 2 aromatic carbocycles. The van der Waals surface area contributed by atoms with Gasteiger partial charge < -0.3 is 48.8 Å². The molecule has 2 aliphatic heterocycles. The van der Waals surface area contributed by atoms with Gasteiger partial charge in [0.2, 0.25) is 5.78 Å². The van der Waals surface area contributed by atoms with E-state index >= 15 is 0 Å². The number of ketones is 3. The third kappa shape index (κ3) is 5.91. The molecule has 1 unspecified atom stereocenters. The van der Waals surface area contributed by atoms with Gasteiger partial charge in [0.15, 0.2) is 24.1 Å². The third-order valence-corrected chi connectivity index (χ3v) is 10.2. The predicted octanol–water partition coefficient (Wildman–Crippen LogP) is 2.92. The maximum atomic E-state index is 13.9. The molecule has 50 heavy (non-hydrogen) atoms. The van der Waals surface area contributed by atoms with Gasteiger partial charge >= 0.3 is 0 Å². The van der Waals surface area contributed by atoms with Crippen LogP contribution in [0.15, 0.2) is 23.3 Å². The fourth-order valence-corrected chi connectivity index (χ4v) is 7.48. The van der Waals surface area contributed by atoms with Gasteiger partial charge in [-0.25, -0.2) is 0 Å². The van der Waals surface area contributed by atoms with Crippen molar-refractivity contribution in [1.82, 2.24) is 0 Å². The van der Waals surface area contributed by atoms with Crippen molar-refractivity contribution in [3.63, 3.8) is 0 Å². The zero-order chi connectivity index (χ0) is 36.2. The number of methoxy groups -OCH3 is 2. The van der Waals surface area contributed by atoms with E-state index in [1.54, 1.807) is 13.8 Å². The third-order valence-electron chi connectivity index (χ3n) is 10.2. The van der Waals surface area contributed by atoms with Gasteiger partial charge in [0.1, 0.15) is 29.0 Å². The Balaban J connectivity index is 1.35. The minimum Gasteiger partial charge on any atom is -0.507 e. The van der Waals surface area contributed by atoms with Gasteiger partial charge in [-0.05, 0) is 32.4 Å². The Bertz CT molecular complexity index is 1780. The largest absolute Gasteiger partial charge is 0.507 e. The second kappa shape index (κ2) is 13.5. The summed E-state index contributed by atoms with van der Waals surface area (Å²) in [5, 5.41) is 49.1. The number of phenolic OH excluding ortho intramolecular Hbond substituents is 2. The molecule has 2 heterocycles. The summed E-state index contributed by atoms with van der Waals surface area (Å²) in [5.74, 6) is -3.43. The number of hydrogen-bond donors (Lipinski definition) is 4. The zero-order valence-electron chi connectivity index (χ0n) is 28.1. The van der Waals surface area contributed by atoms with Crippen molar-refractivity contribution in [1.29, 1.82) is 0 Å². The molecule has 16 nitrogen and oxygen atoms in total. The number of aromatic hydroxyl groups is 2. The van der Waals surface area contributed by atoms with E-state index in [4.69, 9.17) is 28.4 Å². The molecule has 0 saturated carbocycles. The Hall–Kier alpha value is -4.12. The highest BCUT2D eigenvalue weighted by Gasteiger charge is 2.50. The molecule has 2 aliphatic carbocycles. The van der Waals surface area contributed by atoms with Gasteiger partial charge in [-0.2, -0.15) is 0 Å². The average Bonchev–Trinajstić information content (AvgIpc) is 3.07. The molecule has 6 rings (SSSR count). The summed E-state index contributed by atoms with van der Waals surface area (Å²) in [6.07, 6.45) is -7.75. The van der Waals surface area contributed by atoms with Crippen molar-refractivity contribution < 1.29 is 63.2 Å². The Kier molecular flexibility index (Phi) is 9.67. The lowest BCUT2D eigenvalue weighted by Crippen LogP contribution is -2.54. The molecule has 0 spiro atoms. The SMILES string of the molecule is COc1cccc2c1C(=O)c1c(O)c3c(c(O)c1C2=O)C[C@@](O)(C(C)=O)C[C@@H]3O[C@H]1CC(N=[N+]=[N-])[C@H](O[C@H]2C[C@H](OC)[C@@H](O)[C@H](C)O2)[C@H](C)O1. The number of carbonyl (C=O) groups is 3. The first kappa shape index (κ1) is 35.7. The number of nitrogens with zero attached hydrogens (tertiary/aromatic N) is 3. The van der Waals surface area contributed by atoms with Crippen LogP contribution in [0.1, 0.15) is 89.1 Å². The number of aliphatic hydroxyl groups excluding tert-OH is 1. The highest BCUT2D eigenvalue weighted by molar-refractivity contribution is 6.31. The summed E-state index contributed by atoms with van der Waals surface area (Å²) < 4.78 is 35.2. The molecule has 10 atom stereocenters. The van der Waals surface area contributed by atoms with Crippen molar-refractivity contribution in [3.05, 3.63) is 62.0 Å². The van der Waals surface area contributed by atoms with Crippen LogP contribution < -0.4 is 4.74 Å². The van der Waals surface area contributed by atoms with Gasteiger partial charge in [-0.3, -0.25) is 14.4 Å². The average molecular weight is 698 g/mol. The number of fused-ring (bicyclic) bond motifs is 3. The summed E-state index contributed by atoms with van der Waals surface area (Å²) in [5.41, 5.74) is 6.02. The quantitative estimate of drug-likeness (QED) is 0.115. The van der Waals surface area contributed by atoms with Crippen molar-refractivity contribution in [2.75, 3.05) is 14.2 Å². The minimum absolute atomic E-state index is 0.0469. The fraction of sp³-hybridized carbons (Fsp3) is 0.559. The standard InChI is InChI=1S/C34H39N3O13/c1-13-28(39)20(46-5)10-23(47-13)50-33-14(2)48-22(9-18(33)36-37-35)49-21-12-34(44,15(3)38)11-17-25(21)32(43)27-26(30(17)41)29(40)16-7-6-8-19(45-4)24(16)31(27)42/h6-8,13-14,18,20-23,28,33,39,41,43-44H,9-12H2,1-5H3/t13-,14-,18?,20-,21-,22-,23-,28-,33+,34-/m0/s1. The normalized spacial score (nSPS) is 33.5. The minimum atomic E-state index is -2.09. The molecule has 0 radical (unpaired) electrons. The lowest BCUT2D eigenvalue weighted by Gasteiger charge is -2.44. The second-order valence-corrected chi connectivity index (χ2v) is 13.1. The number of Topliss-reactive ketones (excluding diaryl/α,β-unsaturated/α-hetero) is 1. The molecule has 4 aliphatic rings. The van der Waals surface area contributed by atoms with E-state index < -0.39 is 114 Å². The van der Waals surface area contributed by atoms with Crippen molar-refractivity contribution >= 4 is 17.3 Å². The first-order chi connectivity index (χ1) is 23.7. The van der Waals surface area contributed by atoms with E-state index in [2.05, 4.69) is 10.0 Å². The zero-order valence-corrected chi connectivity index (χ0v) is 28.1. The van der Waals surface area contributed by atoms with Gasteiger partial charge in [0, 0.05) is 54.4 Å². The van der Waals surface area contributed by atoms with Crippen LogP contribution in [0.4, 0.5) is 0 Å². The summed E-state index contributed by atoms with van der Waals surface area (Å²) in [4.78, 5) is 43.4. The van der Waals surface area contributed by atoms with E-state index in [1.807, 2.05) is 0 Å². The maximum Gasteiger partial charge on any atom is 0.202 e. The molecular formula is C34H39N3O13. The van der Waals surface area contributed by atoms with E-state index in [9.17, 15) is 40.3 Å². The first-order valence-corrected chi connectivity index (χ1v) is 16.2. The summed E-state index contributed by atoms with van der Waals surface area (Å²) in [6, 6.07) is 3.52. The Morgan fingerprint density at radius 1 is 1.00 bits per heavy atom. The summed E-state index contributed by atoms with van der Waals surface area (Å²) in [7, 11) is 2.79. The topological polar surface area (TPSA) is 236 Å². The number of carbonyl (C=O) groups excluding carboxylic acids is 3. The smallest absolute Gasteiger partial charge is 0.202 e. The highest BCUT2D eigenvalue weighted by Crippen LogP contribution is 2.52. The van der Waals surface area contributed by atoms with Crippen LogP contribution in [0.3, 0.4) is 0 Å². The number of phenols is 2. The van der Waals surface area contributed by atoms with E-state index in [0.717, 1.165) is 6.92 Å². The van der Waals surface area contributed by atoms with Crippen LogP contribution >= 0.6 is 0 Å². The molecule has 4 N–H and O–H groups in total. The molecular weight excluding hydrogens is 658 g/mol. The van der Waals surface area contributed by atoms with Gasteiger partial charge in [0.25, 0.3) is 0 Å². The second-order valence-electron chi connectivity index (χ2n) is 13.1. The van der Waals surface area contributed by atoms with Crippen LogP contribution in [0.25, 0.3) is 10.4 Å². The van der Waals surface area contributed by atoms with Crippen LogP contribution in [-0.2, 0) is 34.9 Å². The number of benzene rings is 2. The Labute approximate surface area is 286 Å². The number of rotatable bonds is 8. The molecule has 2 fully saturated rings. The predicted molar refractivity (Wildman–Crippen MR) is 170 cm³/mol. The first-order valence-electron chi connectivity index (χ1n) is 16.2. The van der Waals surface area contributed by atoms with Gasteiger partial charge in [0.05, 0.1) is 60.4 Å². The summed E-state index contributed by atoms with van der Waals surface area (Å²) in [6.45, 7) is 4.49. The van der Waals surface area contributed by atoms with E-state index in [0.29, 0.717) is 0 Å². The molecule has 2 saturated heterocycles. The van der Waals surface area contributed by atoms with Crippen molar-refractivity contribution in [3.8, 4) is 17.2 Å². The Morgan fingerprint density at radius 2 is 1.68 bits per heavy atom. The van der Waals surface area contributed by atoms with Crippen LogP contribution in [-0.4, -0.2) is 107 Å². The number of hydrogen-bond acceptors (Lipinski definition) is 14.